The number of thiophene rings is 2. The molecule has 0 saturated carbocycles. The minimum absolute atomic E-state index is 0.303. The summed E-state index contributed by atoms with van der Waals surface area (Å²) in [4.78, 5) is 11.6. The van der Waals surface area contributed by atoms with E-state index in [1.165, 1.54) is 0 Å². The van der Waals surface area contributed by atoms with Crippen molar-refractivity contribution in [2.45, 2.75) is 5.60 Å². The van der Waals surface area contributed by atoms with Crippen molar-refractivity contribution in [2.75, 3.05) is 0 Å². The number of rotatable bonds is 3. The van der Waals surface area contributed by atoms with Crippen LogP contribution in [-0.4, -0.2) is 11.1 Å². The van der Waals surface area contributed by atoms with E-state index in [4.69, 9.17) is 0 Å². The molecule has 0 spiro atoms. The van der Waals surface area contributed by atoms with Gasteiger partial charge in [0.15, 0.2) is 0 Å². The third kappa shape index (κ3) is 1.62. The number of hydrogen-bond acceptors (Lipinski definition) is 4. The highest BCUT2D eigenvalue weighted by molar-refractivity contribution is 7.12. The second kappa shape index (κ2) is 3.84. The Morgan fingerprint density at radius 1 is 1.20 bits per heavy atom. The van der Waals surface area contributed by atoms with E-state index in [1.54, 1.807) is 35.0 Å². The van der Waals surface area contributed by atoms with Gasteiger partial charge in [-0.25, -0.2) is 0 Å². The van der Waals surface area contributed by atoms with Gasteiger partial charge < -0.3 is 5.11 Å². The number of aliphatic hydroxyl groups is 1. The van der Waals surface area contributed by atoms with E-state index in [0.29, 0.717) is 9.75 Å². The summed E-state index contributed by atoms with van der Waals surface area (Å²) < 4.78 is 13.0. The van der Waals surface area contributed by atoms with Crippen molar-refractivity contribution in [3.8, 4) is 0 Å². The summed E-state index contributed by atoms with van der Waals surface area (Å²) in [5.41, 5.74) is -2.12. The van der Waals surface area contributed by atoms with Crippen molar-refractivity contribution in [1.29, 1.82) is 0 Å². The maximum atomic E-state index is 13.0. The van der Waals surface area contributed by atoms with Crippen LogP contribution in [0.2, 0.25) is 0 Å². The van der Waals surface area contributed by atoms with Crippen LogP contribution in [0, 0.1) is 0 Å². The van der Waals surface area contributed by atoms with Gasteiger partial charge in [0.05, 0.1) is 9.75 Å². The largest absolute Gasteiger partial charge is 0.370 e. The van der Waals surface area contributed by atoms with Crippen molar-refractivity contribution in [1.82, 2.24) is 0 Å². The normalized spacial score (nSPS) is 11.6. The van der Waals surface area contributed by atoms with Crippen molar-refractivity contribution >= 4 is 28.7 Å². The monoisotopic (exact) mass is 242 g/mol. The Kier molecular flexibility index (Phi) is 2.68. The number of hydrogen-bond donors (Lipinski definition) is 1. The van der Waals surface area contributed by atoms with Gasteiger partial charge in [-0.1, -0.05) is 12.1 Å². The van der Waals surface area contributed by atoms with Gasteiger partial charge in [-0.05, 0) is 22.9 Å². The quantitative estimate of drug-likeness (QED) is 0.840. The zero-order chi connectivity index (χ0) is 10.9. The molecule has 0 unspecified atom stereocenters. The van der Waals surface area contributed by atoms with E-state index in [2.05, 4.69) is 0 Å². The summed E-state index contributed by atoms with van der Waals surface area (Å²) in [6, 6.07) is 4.68. The summed E-state index contributed by atoms with van der Waals surface area (Å²) in [5.74, 6) is 0. The summed E-state index contributed by atoms with van der Waals surface area (Å²) in [6.45, 7) is 0. The molecule has 15 heavy (non-hydrogen) atoms. The first-order valence-electron chi connectivity index (χ1n) is 4.16. The van der Waals surface area contributed by atoms with Gasteiger partial charge in [-0.15, -0.1) is 22.7 Å². The predicted octanol–water partition coefficient (Wildman–Crippen LogP) is 2.54. The molecule has 2 aromatic rings. The van der Waals surface area contributed by atoms with Crippen LogP contribution >= 0.6 is 22.7 Å². The molecule has 0 bridgehead atoms. The minimum Gasteiger partial charge on any atom is -0.370 e. The highest BCUT2D eigenvalue weighted by Crippen LogP contribution is 2.36. The number of carbonyl (C=O) groups excluding carboxylic acids is 1. The summed E-state index contributed by atoms with van der Waals surface area (Å²) in [5, 5.41) is 13.5. The molecule has 0 saturated heterocycles. The van der Waals surface area contributed by atoms with E-state index in [-0.39, 0.29) is 0 Å². The molecule has 78 valence electrons. The summed E-state index contributed by atoms with van der Waals surface area (Å²) in [7, 11) is 0. The first-order valence-corrected chi connectivity index (χ1v) is 5.92. The predicted molar refractivity (Wildman–Crippen MR) is 57.8 cm³/mol. The SMILES string of the molecule is O=C(F)C(O)(c1cccs1)c1cccs1. The lowest BCUT2D eigenvalue weighted by Crippen LogP contribution is -2.32. The summed E-state index contributed by atoms with van der Waals surface area (Å²) in [6.07, 6.45) is 0. The third-order valence-corrected chi connectivity index (χ3v) is 4.00. The lowest BCUT2D eigenvalue weighted by atomic mass is 10.0. The molecule has 0 fully saturated rings. The van der Waals surface area contributed by atoms with Crippen LogP contribution < -0.4 is 0 Å². The topological polar surface area (TPSA) is 37.3 Å². The van der Waals surface area contributed by atoms with Crippen LogP contribution in [0.3, 0.4) is 0 Å². The molecule has 5 heteroatoms. The second-order valence-electron chi connectivity index (χ2n) is 2.94. The molecule has 0 aliphatic carbocycles. The standard InChI is InChI=1S/C10H7FO2S2/c11-9(12)10(13,7-3-1-5-14-7)8-4-2-6-15-8/h1-6,13H. The van der Waals surface area contributed by atoms with E-state index < -0.39 is 11.6 Å². The fourth-order valence-electron chi connectivity index (χ4n) is 1.28. The molecule has 2 aromatic heterocycles. The van der Waals surface area contributed by atoms with Gasteiger partial charge in [-0.2, -0.15) is 4.39 Å². The lowest BCUT2D eigenvalue weighted by molar-refractivity contribution is -0.145. The smallest absolute Gasteiger partial charge is 0.343 e. The molecule has 0 radical (unpaired) electrons. The third-order valence-electron chi connectivity index (χ3n) is 2.04. The molecule has 2 nitrogen and oxygen atoms in total. The molecular formula is C10H7FO2S2. The van der Waals surface area contributed by atoms with Gasteiger partial charge in [-0.3, -0.25) is 4.79 Å². The Morgan fingerprint density at radius 2 is 1.67 bits per heavy atom. The Morgan fingerprint density at radius 3 is 1.93 bits per heavy atom. The molecule has 0 aliphatic heterocycles. The van der Waals surface area contributed by atoms with Crippen molar-refractivity contribution in [2.24, 2.45) is 0 Å². The van der Waals surface area contributed by atoms with Gasteiger partial charge >= 0.3 is 6.04 Å². The molecule has 2 heterocycles. The Balaban J connectivity index is 2.56. The first-order chi connectivity index (χ1) is 7.15. The number of halogens is 1. The average molecular weight is 242 g/mol. The summed E-state index contributed by atoms with van der Waals surface area (Å²) >= 11 is 2.30. The molecule has 0 atom stereocenters. The Labute approximate surface area is 93.6 Å². The van der Waals surface area contributed by atoms with Gasteiger partial charge in [0, 0.05) is 0 Å². The van der Waals surface area contributed by atoms with Gasteiger partial charge in [0.2, 0.25) is 5.60 Å². The van der Waals surface area contributed by atoms with Gasteiger partial charge in [0.1, 0.15) is 0 Å². The van der Waals surface area contributed by atoms with Crippen molar-refractivity contribution in [3.05, 3.63) is 44.8 Å². The minimum atomic E-state index is -2.12. The number of carbonyl (C=O) groups is 1. The Hall–Kier alpha value is -1.04. The molecule has 0 aliphatic rings. The highest BCUT2D eigenvalue weighted by Gasteiger charge is 2.42. The molecule has 0 amide bonds. The van der Waals surface area contributed by atoms with Crippen LogP contribution in [0.15, 0.2) is 35.0 Å². The van der Waals surface area contributed by atoms with Crippen LogP contribution in [-0.2, 0) is 10.4 Å². The van der Waals surface area contributed by atoms with E-state index in [9.17, 15) is 14.3 Å². The molecule has 0 aromatic carbocycles. The fraction of sp³-hybridized carbons (Fsp3) is 0.100. The van der Waals surface area contributed by atoms with Crippen molar-refractivity contribution < 1.29 is 14.3 Å². The van der Waals surface area contributed by atoms with Crippen LogP contribution in [0.4, 0.5) is 4.39 Å². The maximum absolute atomic E-state index is 13.0. The molecular weight excluding hydrogens is 235 g/mol. The highest BCUT2D eigenvalue weighted by atomic mass is 32.1. The zero-order valence-corrected chi connectivity index (χ0v) is 9.15. The Bertz CT molecular complexity index is 413. The lowest BCUT2D eigenvalue weighted by Gasteiger charge is -2.19. The van der Waals surface area contributed by atoms with Gasteiger partial charge in [0.25, 0.3) is 0 Å². The average Bonchev–Trinajstić information content (AvgIpc) is 2.89. The maximum Gasteiger partial charge on any atom is 0.343 e. The zero-order valence-electron chi connectivity index (χ0n) is 7.51. The van der Waals surface area contributed by atoms with Crippen molar-refractivity contribution in [3.63, 3.8) is 0 Å². The fourth-order valence-corrected chi connectivity index (χ4v) is 2.99. The van der Waals surface area contributed by atoms with Crippen LogP contribution in [0.1, 0.15) is 9.75 Å². The van der Waals surface area contributed by atoms with E-state index >= 15 is 0 Å². The first kappa shape index (κ1) is 10.5. The van der Waals surface area contributed by atoms with Crippen LogP contribution in [0.5, 0.6) is 0 Å². The molecule has 2 rings (SSSR count). The van der Waals surface area contributed by atoms with Crippen LogP contribution in [0.25, 0.3) is 0 Å². The van der Waals surface area contributed by atoms with E-state index in [1.807, 2.05) is 0 Å². The van der Waals surface area contributed by atoms with E-state index in [0.717, 1.165) is 22.7 Å². The molecule has 1 N–H and O–H groups in total. The second-order valence-corrected chi connectivity index (χ2v) is 4.83.